The normalized spacial score (nSPS) is 14.9. The lowest BCUT2D eigenvalue weighted by atomic mass is 10.1. The number of aryl methyl sites for hydroxylation is 3. The first-order valence-corrected chi connectivity index (χ1v) is 7.94. The third kappa shape index (κ3) is 2.08. The van der Waals surface area contributed by atoms with Crippen LogP contribution >= 0.6 is 11.3 Å². The van der Waals surface area contributed by atoms with Crippen molar-refractivity contribution in [2.75, 3.05) is 0 Å². The van der Waals surface area contributed by atoms with Crippen molar-refractivity contribution in [3.05, 3.63) is 39.5 Å². The number of carboxylic acid groups (broad SMARTS) is 1. The maximum absolute atomic E-state index is 11.8. The van der Waals surface area contributed by atoms with Crippen molar-refractivity contribution in [3.63, 3.8) is 0 Å². The molecule has 0 saturated carbocycles. The number of rotatable bonds is 2. The second-order valence-corrected chi connectivity index (χ2v) is 6.58. The van der Waals surface area contributed by atoms with Gasteiger partial charge in [-0.3, -0.25) is 0 Å². The highest BCUT2D eigenvalue weighted by Gasteiger charge is 2.26. The van der Waals surface area contributed by atoms with Crippen LogP contribution in [0.3, 0.4) is 0 Å². The van der Waals surface area contributed by atoms with Crippen LogP contribution in [0.25, 0.3) is 5.00 Å². The highest BCUT2D eigenvalue weighted by Crippen LogP contribution is 2.37. The van der Waals surface area contributed by atoms with Gasteiger partial charge in [-0.25, -0.2) is 4.79 Å². The number of hydrogen-bond donors (Lipinski definition) is 1. The molecule has 0 bridgehead atoms. The third-order valence-electron chi connectivity index (χ3n) is 4.09. The summed E-state index contributed by atoms with van der Waals surface area (Å²) in [5.41, 5.74) is 3.82. The minimum absolute atomic E-state index is 0.536. The Kier molecular flexibility index (Phi) is 3.42. The Morgan fingerprint density at radius 3 is 2.45 bits per heavy atom. The number of hydrogen-bond acceptors (Lipinski definition) is 2. The summed E-state index contributed by atoms with van der Waals surface area (Å²) < 4.78 is 2.09. The fraction of sp³-hybridized carbons (Fsp3) is 0.438. The largest absolute Gasteiger partial charge is 0.478 e. The Morgan fingerprint density at radius 2 is 1.80 bits per heavy atom. The molecule has 4 heteroatoms. The molecule has 20 heavy (non-hydrogen) atoms. The topological polar surface area (TPSA) is 42.2 Å². The molecule has 3 nitrogen and oxygen atoms in total. The van der Waals surface area contributed by atoms with Crippen LogP contribution in [0.15, 0.2) is 12.1 Å². The summed E-state index contributed by atoms with van der Waals surface area (Å²) in [4.78, 5) is 13.1. The van der Waals surface area contributed by atoms with Gasteiger partial charge in [-0.15, -0.1) is 11.3 Å². The van der Waals surface area contributed by atoms with Gasteiger partial charge in [-0.2, -0.15) is 0 Å². The number of fused-ring (bicyclic) bond motifs is 1. The number of thiophene rings is 1. The van der Waals surface area contributed by atoms with Gasteiger partial charge in [-0.1, -0.05) is 6.42 Å². The number of aromatic carboxylic acids is 1. The standard InChI is InChI=1S/C16H19NO2S/c1-10-8-9-11(2)17(10)15-14(16(18)19)12-6-4-3-5-7-13(12)20-15/h8-9H,3-7H2,1-2H3,(H,18,19). The Bertz CT molecular complexity index is 647. The predicted molar refractivity (Wildman–Crippen MR) is 81.3 cm³/mol. The number of aromatic nitrogens is 1. The first kappa shape index (κ1) is 13.4. The van der Waals surface area contributed by atoms with Crippen molar-refractivity contribution < 1.29 is 9.90 Å². The van der Waals surface area contributed by atoms with Gasteiger partial charge in [0.25, 0.3) is 0 Å². The molecule has 2 aromatic rings. The van der Waals surface area contributed by atoms with Gasteiger partial charge in [-0.05, 0) is 57.2 Å². The van der Waals surface area contributed by atoms with Crippen LogP contribution in [0.5, 0.6) is 0 Å². The maximum atomic E-state index is 11.8. The fourth-order valence-electron chi connectivity index (χ4n) is 3.10. The van der Waals surface area contributed by atoms with Crippen LogP contribution in [0.2, 0.25) is 0 Å². The molecule has 2 aromatic heterocycles. The first-order chi connectivity index (χ1) is 9.59. The van der Waals surface area contributed by atoms with E-state index in [2.05, 4.69) is 4.57 Å². The van der Waals surface area contributed by atoms with Crippen molar-refractivity contribution in [3.8, 4) is 5.00 Å². The lowest BCUT2D eigenvalue weighted by molar-refractivity contribution is 0.0696. The summed E-state index contributed by atoms with van der Waals surface area (Å²) in [6, 6.07) is 4.10. The van der Waals surface area contributed by atoms with Gasteiger partial charge >= 0.3 is 5.97 Å². The molecule has 1 aliphatic rings. The Balaban J connectivity index is 2.24. The lowest BCUT2D eigenvalue weighted by Crippen LogP contribution is -2.07. The van der Waals surface area contributed by atoms with Crippen molar-refractivity contribution >= 4 is 17.3 Å². The van der Waals surface area contributed by atoms with Gasteiger partial charge in [0.1, 0.15) is 5.00 Å². The molecular formula is C16H19NO2S. The second-order valence-electron chi connectivity index (χ2n) is 5.50. The Labute approximate surface area is 122 Å². The minimum atomic E-state index is -0.785. The van der Waals surface area contributed by atoms with Gasteiger partial charge in [0.05, 0.1) is 5.56 Å². The van der Waals surface area contributed by atoms with Gasteiger partial charge < -0.3 is 9.67 Å². The van der Waals surface area contributed by atoms with Gasteiger partial charge in [0.15, 0.2) is 0 Å². The van der Waals surface area contributed by atoms with Crippen LogP contribution < -0.4 is 0 Å². The highest BCUT2D eigenvalue weighted by molar-refractivity contribution is 7.15. The fourth-order valence-corrected chi connectivity index (χ4v) is 4.59. The van der Waals surface area contributed by atoms with Crippen LogP contribution in [-0.4, -0.2) is 15.6 Å². The Hall–Kier alpha value is -1.55. The van der Waals surface area contributed by atoms with E-state index in [1.165, 1.54) is 17.7 Å². The molecule has 0 aromatic carbocycles. The number of nitrogens with zero attached hydrogens (tertiary/aromatic N) is 1. The zero-order chi connectivity index (χ0) is 14.3. The third-order valence-corrected chi connectivity index (χ3v) is 5.37. The molecule has 0 fully saturated rings. The number of carbonyl (C=O) groups is 1. The molecule has 0 spiro atoms. The van der Waals surface area contributed by atoms with E-state index in [1.54, 1.807) is 11.3 Å². The van der Waals surface area contributed by atoms with E-state index in [-0.39, 0.29) is 0 Å². The molecule has 0 aliphatic heterocycles. The summed E-state index contributed by atoms with van der Waals surface area (Å²) in [6.45, 7) is 4.06. The van der Waals surface area contributed by atoms with E-state index in [9.17, 15) is 9.90 Å². The highest BCUT2D eigenvalue weighted by atomic mass is 32.1. The summed E-state index contributed by atoms with van der Waals surface area (Å²) in [5.74, 6) is -0.785. The average Bonchev–Trinajstić information content (AvgIpc) is 2.81. The van der Waals surface area contributed by atoms with Crippen molar-refractivity contribution in [1.82, 2.24) is 4.57 Å². The molecule has 0 atom stereocenters. The zero-order valence-electron chi connectivity index (χ0n) is 11.9. The van der Waals surface area contributed by atoms with E-state index in [0.29, 0.717) is 5.56 Å². The van der Waals surface area contributed by atoms with Gasteiger partial charge in [0, 0.05) is 16.3 Å². The first-order valence-electron chi connectivity index (χ1n) is 7.12. The quantitative estimate of drug-likeness (QED) is 0.845. The molecular weight excluding hydrogens is 270 g/mol. The monoisotopic (exact) mass is 289 g/mol. The van der Waals surface area contributed by atoms with Crippen LogP contribution in [0.4, 0.5) is 0 Å². The SMILES string of the molecule is Cc1ccc(C)n1-c1sc2c(c1C(=O)O)CCCCC2. The lowest BCUT2D eigenvalue weighted by Gasteiger charge is -2.09. The zero-order valence-corrected chi connectivity index (χ0v) is 12.7. The molecule has 2 heterocycles. The molecule has 3 rings (SSSR count). The summed E-state index contributed by atoms with van der Waals surface area (Å²) in [7, 11) is 0. The van der Waals surface area contributed by atoms with Crippen LogP contribution in [0, 0.1) is 13.8 Å². The summed E-state index contributed by atoms with van der Waals surface area (Å²) in [6.07, 6.45) is 5.42. The summed E-state index contributed by atoms with van der Waals surface area (Å²) in [5, 5.41) is 10.6. The maximum Gasteiger partial charge on any atom is 0.339 e. The van der Waals surface area contributed by atoms with E-state index < -0.39 is 5.97 Å². The average molecular weight is 289 g/mol. The molecule has 0 saturated heterocycles. The predicted octanol–water partition coefficient (Wildman–Crippen LogP) is 4.12. The molecule has 1 aliphatic carbocycles. The molecule has 1 N–H and O–H groups in total. The number of carboxylic acids is 1. The minimum Gasteiger partial charge on any atom is -0.478 e. The van der Waals surface area contributed by atoms with E-state index >= 15 is 0 Å². The van der Waals surface area contributed by atoms with Crippen molar-refractivity contribution in [2.24, 2.45) is 0 Å². The van der Waals surface area contributed by atoms with Crippen molar-refractivity contribution in [2.45, 2.75) is 46.0 Å². The second kappa shape index (κ2) is 5.09. The molecule has 0 unspecified atom stereocenters. The van der Waals surface area contributed by atoms with E-state index in [1.807, 2.05) is 26.0 Å². The van der Waals surface area contributed by atoms with Crippen molar-refractivity contribution in [1.29, 1.82) is 0 Å². The summed E-state index contributed by atoms with van der Waals surface area (Å²) >= 11 is 1.67. The van der Waals surface area contributed by atoms with Crippen LogP contribution in [0.1, 0.15) is 51.4 Å². The smallest absolute Gasteiger partial charge is 0.339 e. The van der Waals surface area contributed by atoms with E-state index in [0.717, 1.165) is 41.2 Å². The van der Waals surface area contributed by atoms with Gasteiger partial charge in [0.2, 0.25) is 0 Å². The Morgan fingerprint density at radius 1 is 1.15 bits per heavy atom. The molecule has 0 radical (unpaired) electrons. The van der Waals surface area contributed by atoms with E-state index in [4.69, 9.17) is 0 Å². The van der Waals surface area contributed by atoms with Crippen LogP contribution in [-0.2, 0) is 12.8 Å². The molecule has 106 valence electrons. The molecule has 0 amide bonds.